The van der Waals surface area contributed by atoms with E-state index < -0.39 is 0 Å². The quantitative estimate of drug-likeness (QED) is 0.599. The predicted molar refractivity (Wildman–Crippen MR) is 86.7 cm³/mol. The van der Waals surface area contributed by atoms with Crippen molar-refractivity contribution in [3.63, 3.8) is 0 Å². The van der Waals surface area contributed by atoms with Crippen molar-refractivity contribution < 1.29 is 4.74 Å². The van der Waals surface area contributed by atoms with Gasteiger partial charge in [0.25, 0.3) is 0 Å². The van der Waals surface area contributed by atoms with Gasteiger partial charge in [-0.1, -0.05) is 32.6 Å². The fourth-order valence-electron chi connectivity index (χ4n) is 5.19. The molecule has 3 rings (SSSR count). The maximum absolute atomic E-state index is 6.09. The summed E-state index contributed by atoms with van der Waals surface area (Å²) in [5, 5.41) is 0. The van der Waals surface area contributed by atoms with E-state index in [0.717, 1.165) is 24.4 Å². The van der Waals surface area contributed by atoms with Crippen molar-refractivity contribution in [2.24, 2.45) is 23.6 Å². The van der Waals surface area contributed by atoms with Crippen LogP contribution in [-0.4, -0.2) is 18.2 Å². The van der Waals surface area contributed by atoms with Gasteiger partial charge >= 0.3 is 0 Å². The average Bonchev–Trinajstić information content (AvgIpc) is 2.49. The first-order valence-electron chi connectivity index (χ1n) is 9.36. The number of ether oxygens (including phenoxy) is 1. The summed E-state index contributed by atoms with van der Waals surface area (Å²) in [6.07, 6.45) is 14.7. The van der Waals surface area contributed by atoms with Gasteiger partial charge in [0, 0.05) is 12.6 Å². The van der Waals surface area contributed by atoms with Gasteiger partial charge in [0.05, 0.1) is 5.60 Å². The Hall–Kier alpha value is -0.120. The Bertz CT molecular complexity index is 321. The van der Waals surface area contributed by atoms with Crippen LogP contribution in [0, 0.1) is 17.8 Å². The summed E-state index contributed by atoms with van der Waals surface area (Å²) < 4.78 is 6.09. The smallest absolute Gasteiger partial charge is 0.0685 e. The fraction of sp³-hybridized carbons (Fsp3) is 1.00. The van der Waals surface area contributed by atoms with E-state index in [2.05, 4.69) is 12.3 Å². The molecule has 3 N–H and O–H groups in total. The van der Waals surface area contributed by atoms with Gasteiger partial charge in [0.2, 0.25) is 0 Å². The molecule has 3 aliphatic rings. The normalized spacial score (nSPS) is 37.1. The average molecular weight is 294 g/mol. The third-order valence-corrected chi connectivity index (χ3v) is 6.59. The van der Waals surface area contributed by atoms with Crippen LogP contribution in [0.3, 0.4) is 0 Å². The van der Waals surface area contributed by atoms with E-state index in [1.807, 2.05) is 0 Å². The molecule has 21 heavy (non-hydrogen) atoms. The summed E-state index contributed by atoms with van der Waals surface area (Å²) in [5.74, 6) is 8.50. The number of nitrogens with two attached hydrogens (primary N) is 1. The zero-order valence-electron chi connectivity index (χ0n) is 13.8. The Balaban J connectivity index is 1.55. The van der Waals surface area contributed by atoms with Crippen molar-refractivity contribution >= 4 is 0 Å². The second kappa shape index (κ2) is 6.97. The molecule has 2 saturated carbocycles. The maximum Gasteiger partial charge on any atom is 0.0685 e. The minimum absolute atomic E-state index is 0.247. The Labute approximate surface area is 130 Å². The summed E-state index contributed by atoms with van der Waals surface area (Å²) >= 11 is 0. The highest BCUT2D eigenvalue weighted by atomic mass is 16.5. The van der Waals surface area contributed by atoms with E-state index in [0.29, 0.717) is 6.04 Å². The second-order valence-electron chi connectivity index (χ2n) is 7.90. The molecule has 0 radical (unpaired) electrons. The van der Waals surface area contributed by atoms with Gasteiger partial charge in [-0.3, -0.25) is 11.3 Å². The molecule has 3 nitrogen and oxygen atoms in total. The predicted octanol–water partition coefficient (Wildman–Crippen LogP) is 3.77. The molecule has 2 atom stereocenters. The number of nitrogens with one attached hydrogen (secondary N) is 1. The van der Waals surface area contributed by atoms with Gasteiger partial charge in [-0.05, 0) is 62.7 Å². The van der Waals surface area contributed by atoms with E-state index in [-0.39, 0.29) is 5.60 Å². The lowest BCUT2D eigenvalue weighted by Crippen LogP contribution is -2.54. The topological polar surface area (TPSA) is 47.3 Å². The summed E-state index contributed by atoms with van der Waals surface area (Å²) in [6, 6.07) is 0.522. The van der Waals surface area contributed by atoms with Crippen molar-refractivity contribution in [3.8, 4) is 0 Å². The molecule has 2 unspecified atom stereocenters. The van der Waals surface area contributed by atoms with Crippen LogP contribution in [0.5, 0.6) is 0 Å². The summed E-state index contributed by atoms with van der Waals surface area (Å²) in [6.45, 7) is 3.27. The van der Waals surface area contributed by atoms with E-state index in [4.69, 9.17) is 10.6 Å². The lowest BCUT2D eigenvalue weighted by Gasteiger charge is -2.50. The number of rotatable bonds is 5. The molecular formula is C18H34N2O. The molecule has 0 bridgehead atoms. The van der Waals surface area contributed by atoms with E-state index >= 15 is 0 Å². The second-order valence-corrected chi connectivity index (χ2v) is 7.90. The Morgan fingerprint density at radius 2 is 1.90 bits per heavy atom. The summed E-state index contributed by atoms with van der Waals surface area (Å²) in [5.41, 5.74) is 3.47. The van der Waals surface area contributed by atoms with Crippen LogP contribution in [0.4, 0.5) is 0 Å². The molecule has 2 aliphatic carbocycles. The van der Waals surface area contributed by atoms with Crippen molar-refractivity contribution in [3.05, 3.63) is 0 Å². The van der Waals surface area contributed by atoms with Gasteiger partial charge in [-0.15, -0.1) is 0 Å². The first-order valence-corrected chi connectivity index (χ1v) is 9.36. The van der Waals surface area contributed by atoms with Crippen molar-refractivity contribution in [2.75, 3.05) is 6.61 Å². The first-order chi connectivity index (χ1) is 10.3. The molecule has 3 fully saturated rings. The molecule has 3 heteroatoms. The lowest BCUT2D eigenvalue weighted by atomic mass is 9.66. The third-order valence-electron chi connectivity index (χ3n) is 6.59. The SMILES string of the molecule is CCCC1CCC(C(NN)C2CCOC3(CCC3)C2)CC1. The minimum atomic E-state index is 0.247. The number of hydrogen-bond donors (Lipinski definition) is 2. The highest BCUT2D eigenvalue weighted by molar-refractivity contribution is 4.98. The van der Waals surface area contributed by atoms with Gasteiger partial charge in [-0.2, -0.15) is 0 Å². The van der Waals surface area contributed by atoms with Crippen LogP contribution >= 0.6 is 0 Å². The molecule has 0 aromatic carbocycles. The lowest BCUT2D eigenvalue weighted by molar-refractivity contribution is -0.149. The maximum atomic E-state index is 6.09. The Morgan fingerprint density at radius 1 is 1.14 bits per heavy atom. The molecule has 1 aliphatic heterocycles. The highest BCUT2D eigenvalue weighted by Gasteiger charge is 2.45. The van der Waals surface area contributed by atoms with Crippen LogP contribution in [0.2, 0.25) is 0 Å². The Morgan fingerprint density at radius 3 is 2.48 bits per heavy atom. The zero-order valence-corrected chi connectivity index (χ0v) is 13.8. The van der Waals surface area contributed by atoms with Crippen molar-refractivity contribution in [1.29, 1.82) is 0 Å². The fourth-order valence-corrected chi connectivity index (χ4v) is 5.19. The van der Waals surface area contributed by atoms with Crippen LogP contribution in [0.25, 0.3) is 0 Å². The number of hydrazine groups is 1. The van der Waals surface area contributed by atoms with Crippen LogP contribution in [0.1, 0.15) is 77.6 Å². The van der Waals surface area contributed by atoms with Crippen molar-refractivity contribution in [2.45, 2.75) is 89.2 Å². The third kappa shape index (κ3) is 3.46. The molecule has 122 valence electrons. The molecule has 0 aromatic rings. The van der Waals surface area contributed by atoms with Gasteiger partial charge in [0.1, 0.15) is 0 Å². The van der Waals surface area contributed by atoms with Crippen molar-refractivity contribution in [1.82, 2.24) is 5.43 Å². The van der Waals surface area contributed by atoms with Gasteiger partial charge < -0.3 is 4.74 Å². The van der Waals surface area contributed by atoms with E-state index in [9.17, 15) is 0 Å². The van der Waals surface area contributed by atoms with Gasteiger partial charge in [0.15, 0.2) is 0 Å². The van der Waals surface area contributed by atoms with Crippen LogP contribution < -0.4 is 11.3 Å². The standard InChI is InChI=1S/C18H34N2O/c1-2-4-14-5-7-15(8-6-14)17(20-19)16-9-12-21-18(13-16)10-3-11-18/h14-17,20H,2-13,19H2,1H3. The first kappa shape index (κ1) is 15.8. The summed E-state index contributed by atoms with van der Waals surface area (Å²) in [4.78, 5) is 0. The monoisotopic (exact) mass is 294 g/mol. The zero-order chi connectivity index (χ0) is 14.7. The van der Waals surface area contributed by atoms with Gasteiger partial charge in [-0.25, -0.2) is 0 Å². The molecule has 1 heterocycles. The largest absolute Gasteiger partial charge is 0.375 e. The molecule has 0 aromatic heterocycles. The molecular weight excluding hydrogens is 260 g/mol. The molecule has 1 saturated heterocycles. The summed E-state index contributed by atoms with van der Waals surface area (Å²) in [7, 11) is 0. The van der Waals surface area contributed by atoms with E-state index in [1.54, 1.807) is 0 Å². The highest BCUT2D eigenvalue weighted by Crippen LogP contribution is 2.46. The van der Waals surface area contributed by atoms with E-state index in [1.165, 1.54) is 70.6 Å². The minimum Gasteiger partial charge on any atom is -0.375 e. The van der Waals surface area contributed by atoms with Crippen LogP contribution in [-0.2, 0) is 4.74 Å². The van der Waals surface area contributed by atoms with Crippen LogP contribution in [0.15, 0.2) is 0 Å². The number of hydrogen-bond acceptors (Lipinski definition) is 3. The Kier molecular flexibility index (Phi) is 5.23. The molecule has 0 amide bonds. The molecule has 1 spiro atoms.